The van der Waals surface area contributed by atoms with Crippen molar-refractivity contribution in [2.75, 3.05) is 6.54 Å². The number of nitrogens with one attached hydrogen (secondary N) is 2. The Balaban J connectivity index is 2.32. The molecule has 1 aromatic rings. The first-order valence-electron chi connectivity index (χ1n) is 5.20. The lowest BCUT2D eigenvalue weighted by Gasteiger charge is -2.18. The number of thiazole rings is 1. The van der Waals surface area contributed by atoms with Gasteiger partial charge < -0.3 is 20.8 Å². The number of hydrogen-bond acceptors (Lipinski definition) is 5. The lowest BCUT2D eigenvalue weighted by atomic mass is 10.1. The van der Waals surface area contributed by atoms with Gasteiger partial charge in [0.1, 0.15) is 5.01 Å². The van der Waals surface area contributed by atoms with Gasteiger partial charge in [-0.25, -0.2) is 14.6 Å². The van der Waals surface area contributed by atoms with Gasteiger partial charge in [0, 0.05) is 11.1 Å². The van der Waals surface area contributed by atoms with E-state index in [4.69, 9.17) is 5.11 Å². The first-order valence-corrected chi connectivity index (χ1v) is 6.08. The molecule has 0 fully saturated rings. The standard InChI is InChI=1S/C10H15N3O4S/c1-6-4-18-7(13-6)3-11-9(16)12-5-10(2,17)8(14)15/h4,17H,3,5H2,1-2H3,(H,14,15)(H2,11,12,16). The van der Waals surface area contributed by atoms with Gasteiger partial charge in [-0.15, -0.1) is 11.3 Å². The molecule has 0 saturated carbocycles. The lowest BCUT2D eigenvalue weighted by Crippen LogP contribution is -2.48. The summed E-state index contributed by atoms with van der Waals surface area (Å²) in [6, 6.07) is -0.552. The molecule has 0 bridgehead atoms. The predicted molar refractivity (Wildman–Crippen MR) is 65.3 cm³/mol. The summed E-state index contributed by atoms with van der Waals surface area (Å²) >= 11 is 1.42. The predicted octanol–water partition coefficient (Wildman–Crippen LogP) is 0.0863. The van der Waals surface area contributed by atoms with Crippen LogP contribution in [0, 0.1) is 6.92 Å². The molecule has 0 aliphatic carbocycles. The lowest BCUT2D eigenvalue weighted by molar-refractivity contribution is -0.155. The second-order valence-electron chi connectivity index (χ2n) is 4.00. The van der Waals surface area contributed by atoms with Gasteiger partial charge in [-0.2, -0.15) is 0 Å². The number of carbonyl (C=O) groups excluding carboxylic acids is 1. The van der Waals surface area contributed by atoms with E-state index >= 15 is 0 Å². The topological polar surface area (TPSA) is 112 Å². The van der Waals surface area contributed by atoms with Gasteiger partial charge >= 0.3 is 12.0 Å². The molecular formula is C10H15N3O4S. The minimum absolute atomic E-state index is 0.263. The molecular weight excluding hydrogens is 258 g/mol. The number of aromatic nitrogens is 1. The van der Waals surface area contributed by atoms with Crippen LogP contribution in [0.5, 0.6) is 0 Å². The Morgan fingerprint density at radius 1 is 1.50 bits per heavy atom. The fourth-order valence-corrected chi connectivity index (χ4v) is 1.74. The monoisotopic (exact) mass is 273 g/mol. The number of hydrogen-bond donors (Lipinski definition) is 4. The molecule has 1 atom stereocenters. The van der Waals surface area contributed by atoms with E-state index in [1.807, 2.05) is 12.3 Å². The molecule has 1 unspecified atom stereocenters. The fraction of sp³-hybridized carbons (Fsp3) is 0.500. The summed E-state index contributed by atoms with van der Waals surface area (Å²) in [4.78, 5) is 26.1. The van der Waals surface area contributed by atoms with Crippen LogP contribution in [0.1, 0.15) is 17.6 Å². The summed E-state index contributed by atoms with van der Waals surface area (Å²) in [6.45, 7) is 2.86. The van der Waals surface area contributed by atoms with Crippen LogP contribution in [-0.4, -0.2) is 39.3 Å². The number of carbonyl (C=O) groups is 2. The molecule has 0 aliphatic rings. The highest BCUT2D eigenvalue weighted by atomic mass is 32.1. The third-order valence-electron chi connectivity index (χ3n) is 2.12. The minimum atomic E-state index is -1.98. The maximum atomic E-state index is 11.3. The quantitative estimate of drug-likeness (QED) is 0.607. The number of carboxylic acid groups (broad SMARTS) is 1. The van der Waals surface area contributed by atoms with E-state index in [1.165, 1.54) is 11.3 Å². The minimum Gasteiger partial charge on any atom is -0.479 e. The fourth-order valence-electron chi connectivity index (χ4n) is 1.03. The Morgan fingerprint density at radius 3 is 2.67 bits per heavy atom. The smallest absolute Gasteiger partial charge is 0.337 e. The number of nitrogens with zero attached hydrogens (tertiary/aromatic N) is 1. The van der Waals surface area contributed by atoms with Crippen molar-refractivity contribution in [2.45, 2.75) is 26.0 Å². The molecule has 0 radical (unpaired) electrons. The maximum absolute atomic E-state index is 11.3. The third kappa shape index (κ3) is 4.30. The van der Waals surface area contributed by atoms with Gasteiger partial charge in [-0.3, -0.25) is 0 Å². The largest absolute Gasteiger partial charge is 0.479 e. The van der Waals surface area contributed by atoms with Crippen LogP contribution >= 0.6 is 11.3 Å². The normalized spacial score (nSPS) is 13.7. The van der Waals surface area contributed by atoms with E-state index in [9.17, 15) is 14.7 Å². The van der Waals surface area contributed by atoms with Gasteiger partial charge in [0.15, 0.2) is 5.60 Å². The second kappa shape index (κ2) is 5.78. The Kier molecular flexibility index (Phi) is 4.62. The zero-order valence-electron chi connectivity index (χ0n) is 10.1. The summed E-state index contributed by atoms with van der Waals surface area (Å²) in [7, 11) is 0. The van der Waals surface area contributed by atoms with E-state index < -0.39 is 17.6 Å². The first-order chi connectivity index (χ1) is 8.31. The van der Waals surface area contributed by atoms with Crippen molar-refractivity contribution in [2.24, 2.45) is 0 Å². The molecule has 0 aliphatic heterocycles. The van der Waals surface area contributed by atoms with Crippen molar-refractivity contribution < 1.29 is 19.8 Å². The van der Waals surface area contributed by atoms with Crippen molar-refractivity contribution >= 4 is 23.3 Å². The van der Waals surface area contributed by atoms with Crippen LogP contribution in [0.15, 0.2) is 5.38 Å². The van der Waals surface area contributed by atoms with Crippen LogP contribution < -0.4 is 10.6 Å². The highest BCUT2D eigenvalue weighted by Crippen LogP contribution is 2.07. The van der Waals surface area contributed by atoms with Crippen molar-refractivity contribution in [3.05, 3.63) is 16.1 Å². The molecule has 18 heavy (non-hydrogen) atoms. The van der Waals surface area contributed by atoms with Gasteiger partial charge in [-0.1, -0.05) is 0 Å². The molecule has 0 aromatic carbocycles. The van der Waals surface area contributed by atoms with Gasteiger partial charge in [0.25, 0.3) is 0 Å². The van der Waals surface area contributed by atoms with Crippen LogP contribution in [0.4, 0.5) is 4.79 Å². The number of rotatable bonds is 5. The van der Waals surface area contributed by atoms with E-state index in [2.05, 4.69) is 15.6 Å². The number of amides is 2. The number of aryl methyl sites for hydroxylation is 1. The Bertz CT molecular complexity index is 444. The summed E-state index contributed by atoms with van der Waals surface area (Å²) in [5.41, 5.74) is -1.10. The van der Waals surface area contributed by atoms with Crippen molar-refractivity contribution in [3.63, 3.8) is 0 Å². The summed E-state index contributed by atoms with van der Waals surface area (Å²) < 4.78 is 0. The van der Waals surface area contributed by atoms with Crippen LogP contribution in [0.2, 0.25) is 0 Å². The second-order valence-corrected chi connectivity index (χ2v) is 4.94. The third-order valence-corrected chi connectivity index (χ3v) is 3.09. The zero-order valence-corrected chi connectivity index (χ0v) is 10.9. The summed E-state index contributed by atoms with van der Waals surface area (Å²) in [5.74, 6) is -1.39. The molecule has 0 spiro atoms. The number of aliphatic hydroxyl groups is 1. The Labute approximate surface area is 108 Å². The SMILES string of the molecule is Cc1csc(CNC(=O)NCC(C)(O)C(=O)O)n1. The number of aliphatic carboxylic acids is 1. The van der Waals surface area contributed by atoms with Crippen molar-refractivity contribution in [1.29, 1.82) is 0 Å². The molecule has 2 amide bonds. The molecule has 4 N–H and O–H groups in total. The van der Waals surface area contributed by atoms with Gasteiger partial charge in [0.05, 0.1) is 13.1 Å². The van der Waals surface area contributed by atoms with Crippen LogP contribution in [0.3, 0.4) is 0 Å². The van der Waals surface area contributed by atoms with E-state index in [-0.39, 0.29) is 13.1 Å². The molecule has 8 heteroatoms. The highest BCUT2D eigenvalue weighted by Gasteiger charge is 2.30. The van der Waals surface area contributed by atoms with Gasteiger partial charge in [-0.05, 0) is 13.8 Å². The molecule has 0 saturated heterocycles. The highest BCUT2D eigenvalue weighted by molar-refractivity contribution is 7.09. The van der Waals surface area contributed by atoms with E-state index in [0.717, 1.165) is 17.6 Å². The maximum Gasteiger partial charge on any atom is 0.337 e. The van der Waals surface area contributed by atoms with E-state index in [1.54, 1.807) is 0 Å². The number of carboxylic acids is 1. The summed E-state index contributed by atoms with van der Waals surface area (Å²) in [6.07, 6.45) is 0. The molecule has 100 valence electrons. The van der Waals surface area contributed by atoms with Crippen LogP contribution in [-0.2, 0) is 11.3 Å². The van der Waals surface area contributed by atoms with E-state index in [0.29, 0.717) is 0 Å². The molecule has 1 heterocycles. The van der Waals surface area contributed by atoms with Gasteiger partial charge in [0.2, 0.25) is 0 Å². The average molecular weight is 273 g/mol. The first kappa shape index (κ1) is 14.4. The van der Waals surface area contributed by atoms with Crippen molar-refractivity contribution in [1.82, 2.24) is 15.6 Å². The average Bonchev–Trinajstić information content (AvgIpc) is 2.69. The van der Waals surface area contributed by atoms with Crippen LogP contribution in [0.25, 0.3) is 0 Å². The van der Waals surface area contributed by atoms with Crippen molar-refractivity contribution in [3.8, 4) is 0 Å². The summed E-state index contributed by atoms with van der Waals surface area (Å²) in [5, 5.41) is 25.4. The Hall–Kier alpha value is -1.67. The molecule has 1 rings (SSSR count). The number of urea groups is 1. The zero-order chi connectivity index (χ0) is 13.8. The Morgan fingerprint density at radius 2 is 2.17 bits per heavy atom. The molecule has 7 nitrogen and oxygen atoms in total. The molecule has 1 aromatic heterocycles.